The van der Waals surface area contributed by atoms with Crippen molar-refractivity contribution >= 4 is 11.0 Å². The number of benzene rings is 1. The third-order valence-electron chi connectivity index (χ3n) is 3.74. The first-order chi connectivity index (χ1) is 10.1. The lowest BCUT2D eigenvalue weighted by atomic mass is 10.2. The average molecular weight is 286 g/mol. The predicted octanol–water partition coefficient (Wildman–Crippen LogP) is 2.97. The van der Waals surface area contributed by atoms with Crippen LogP contribution in [0.25, 0.3) is 11.0 Å². The Kier molecular flexibility index (Phi) is 4.81. The highest BCUT2D eigenvalue weighted by molar-refractivity contribution is 5.78. The SMILES string of the molecule is CCC(c1nc2cc(OC)ccc2n1CCC#N)N(C)C. The number of aryl methyl sites for hydroxylation is 1. The lowest BCUT2D eigenvalue weighted by molar-refractivity contribution is 0.273. The molecule has 2 aromatic rings. The summed E-state index contributed by atoms with van der Waals surface area (Å²) < 4.78 is 7.43. The van der Waals surface area contributed by atoms with Crippen LogP contribution in [-0.2, 0) is 6.54 Å². The van der Waals surface area contributed by atoms with Crippen LogP contribution < -0.4 is 4.74 Å². The molecule has 5 heteroatoms. The molecule has 0 bridgehead atoms. The van der Waals surface area contributed by atoms with Gasteiger partial charge in [-0.25, -0.2) is 4.98 Å². The molecule has 21 heavy (non-hydrogen) atoms. The van der Waals surface area contributed by atoms with E-state index < -0.39 is 0 Å². The Morgan fingerprint density at radius 2 is 2.19 bits per heavy atom. The number of rotatable bonds is 6. The Morgan fingerprint density at radius 3 is 2.76 bits per heavy atom. The van der Waals surface area contributed by atoms with E-state index in [1.807, 2.05) is 18.2 Å². The van der Waals surface area contributed by atoms with Gasteiger partial charge in [0.25, 0.3) is 0 Å². The molecule has 0 radical (unpaired) electrons. The fraction of sp³-hybridized carbons (Fsp3) is 0.500. The van der Waals surface area contributed by atoms with Gasteiger partial charge in [-0.15, -0.1) is 0 Å². The van der Waals surface area contributed by atoms with Crippen LogP contribution in [-0.4, -0.2) is 35.7 Å². The molecule has 0 N–H and O–H groups in total. The molecule has 0 fully saturated rings. The Labute approximate surface area is 125 Å². The molecule has 0 amide bonds. The number of fused-ring (bicyclic) bond motifs is 1. The van der Waals surface area contributed by atoms with Gasteiger partial charge in [-0.3, -0.25) is 4.90 Å². The van der Waals surface area contributed by atoms with E-state index in [2.05, 4.69) is 36.6 Å². The zero-order valence-electron chi connectivity index (χ0n) is 13.1. The summed E-state index contributed by atoms with van der Waals surface area (Å²) >= 11 is 0. The van der Waals surface area contributed by atoms with Gasteiger partial charge in [0, 0.05) is 12.6 Å². The van der Waals surface area contributed by atoms with E-state index in [1.54, 1.807) is 7.11 Å². The van der Waals surface area contributed by atoms with E-state index in [9.17, 15) is 0 Å². The number of hydrogen-bond donors (Lipinski definition) is 0. The minimum absolute atomic E-state index is 0.238. The van der Waals surface area contributed by atoms with E-state index >= 15 is 0 Å². The largest absolute Gasteiger partial charge is 0.497 e. The van der Waals surface area contributed by atoms with Crippen LogP contribution in [0.2, 0.25) is 0 Å². The molecule has 112 valence electrons. The molecule has 1 heterocycles. The van der Waals surface area contributed by atoms with E-state index in [1.165, 1.54) is 0 Å². The molecule has 0 aliphatic heterocycles. The van der Waals surface area contributed by atoms with Gasteiger partial charge in [0.1, 0.15) is 11.6 Å². The maximum Gasteiger partial charge on any atom is 0.127 e. The number of ether oxygens (including phenoxy) is 1. The number of aromatic nitrogens is 2. The summed E-state index contributed by atoms with van der Waals surface area (Å²) in [6.45, 7) is 2.82. The first-order valence-corrected chi connectivity index (χ1v) is 7.19. The highest BCUT2D eigenvalue weighted by atomic mass is 16.5. The third kappa shape index (κ3) is 3.01. The van der Waals surface area contributed by atoms with Gasteiger partial charge in [-0.05, 0) is 32.6 Å². The summed E-state index contributed by atoms with van der Waals surface area (Å²) in [6, 6.07) is 8.36. The molecule has 5 nitrogen and oxygen atoms in total. The van der Waals surface area contributed by atoms with Gasteiger partial charge in [-0.1, -0.05) is 6.92 Å². The number of nitrogens with zero attached hydrogens (tertiary/aromatic N) is 4. The minimum Gasteiger partial charge on any atom is -0.497 e. The van der Waals surface area contributed by atoms with Crippen molar-refractivity contribution in [2.24, 2.45) is 0 Å². The normalized spacial score (nSPS) is 12.6. The van der Waals surface area contributed by atoms with Crippen molar-refractivity contribution in [2.45, 2.75) is 32.4 Å². The number of imidazole rings is 1. The van der Waals surface area contributed by atoms with Gasteiger partial charge < -0.3 is 9.30 Å². The highest BCUT2D eigenvalue weighted by Crippen LogP contribution is 2.28. The summed E-state index contributed by atoms with van der Waals surface area (Å²) in [4.78, 5) is 6.97. The number of nitriles is 1. The van der Waals surface area contributed by atoms with E-state index in [0.29, 0.717) is 13.0 Å². The van der Waals surface area contributed by atoms with Crippen molar-refractivity contribution < 1.29 is 4.74 Å². The second-order valence-electron chi connectivity index (χ2n) is 5.27. The van der Waals surface area contributed by atoms with Crippen molar-refractivity contribution in [1.29, 1.82) is 5.26 Å². The Bertz CT molecular complexity index is 654. The van der Waals surface area contributed by atoms with Crippen molar-refractivity contribution in [3.05, 3.63) is 24.0 Å². The molecule has 1 unspecified atom stereocenters. The Hall–Kier alpha value is -2.06. The summed E-state index contributed by atoms with van der Waals surface area (Å²) in [5.74, 6) is 1.82. The molecule has 0 saturated heterocycles. The molecule has 0 aliphatic rings. The first-order valence-electron chi connectivity index (χ1n) is 7.19. The fourth-order valence-corrected chi connectivity index (χ4v) is 2.69. The lowest BCUT2D eigenvalue weighted by Crippen LogP contribution is -2.23. The molecule has 0 spiro atoms. The van der Waals surface area contributed by atoms with Crippen LogP contribution in [0.15, 0.2) is 18.2 Å². The second-order valence-corrected chi connectivity index (χ2v) is 5.27. The summed E-state index contributed by atoms with van der Waals surface area (Å²) in [5.41, 5.74) is 1.98. The monoisotopic (exact) mass is 286 g/mol. The van der Waals surface area contributed by atoms with E-state index in [-0.39, 0.29) is 6.04 Å². The zero-order chi connectivity index (χ0) is 15.4. The molecule has 0 saturated carbocycles. The Balaban J connectivity index is 2.58. The van der Waals surface area contributed by atoms with Crippen molar-refractivity contribution in [3.63, 3.8) is 0 Å². The Morgan fingerprint density at radius 1 is 1.43 bits per heavy atom. The smallest absolute Gasteiger partial charge is 0.127 e. The topological polar surface area (TPSA) is 54.1 Å². The van der Waals surface area contributed by atoms with E-state index in [0.717, 1.165) is 29.0 Å². The molecule has 1 atom stereocenters. The fourth-order valence-electron chi connectivity index (χ4n) is 2.69. The average Bonchev–Trinajstić information content (AvgIpc) is 2.82. The van der Waals surface area contributed by atoms with Crippen LogP contribution in [0.3, 0.4) is 0 Å². The molecular weight excluding hydrogens is 264 g/mol. The van der Waals surface area contributed by atoms with Crippen LogP contribution in [0.1, 0.15) is 31.6 Å². The van der Waals surface area contributed by atoms with Crippen molar-refractivity contribution in [3.8, 4) is 11.8 Å². The first kappa shape index (κ1) is 15.3. The van der Waals surface area contributed by atoms with Crippen molar-refractivity contribution in [2.75, 3.05) is 21.2 Å². The molecule has 2 rings (SSSR count). The number of methoxy groups -OCH3 is 1. The standard InChI is InChI=1S/C16H22N4O/c1-5-14(19(2)3)16-18-13-11-12(21-4)7-8-15(13)20(16)10-6-9-17/h7-8,11,14H,5-6,10H2,1-4H3. The minimum atomic E-state index is 0.238. The molecule has 0 aliphatic carbocycles. The van der Waals surface area contributed by atoms with Crippen LogP contribution in [0.5, 0.6) is 5.75 Å². The summed E-state index contributed by atoms with van der Waals surface area (Å²) in [6.07, 6.45) is 1.45. The van der Waals surface area contributed by atoms with Gasteiger partial charge in [0.15, 0.2) is 0 Å². The molecule has 1 aromatic heterocycles. The van der Waals surface area contributed by atoms with Gasteiger partial charge >= 0.3 is 0 Å². The van der Waals surface area contributed by atoms with Crippen LogP contribution >= 0.6 is 0 Å². The molecular formula is C16H22N4O. The highest BCUT2D eigenvalue weighted by Gasteiger charge is 2.20. The van der Waals surface area contributed by atoms with Crippen LogP contribution in [0, 0.1) is 11.3 Å². The number of hydrogen-bond acceptors (Lipinski definition) is 4. The maximum atomic E-state index is 8.90. The predicted molar refractivity (Wildman–Crippen MR) is 83.2 cm³/mol. The quantitative estimate of drug-likeness (QED) is 0.819. The second kappa shape index (κ2) is 6.59. The van der Waals surface area contributed by atoms with Crippen molar-refractivity contribution in [1.82, 2.24) is 14.5 Å². The molecule has 1 aromatic carbocycles. The lowest BCUT2D eigenvalue weighted by Gasteiger charge is -2.23. The zero-order valence-corrected chi connectivity index (χ0v) is 13.1. The van der Waals surface area contributed by atoms with Gasteiger partial charge in [0.2, 0.25) is 0 Å². The third-order valence-corrected chi connectivity index (χ3v) is 3.74. The van der Waals surface area contributed by atoms with Crippen LogP contribution in [0.4, 0.5) is 0 Å². The summed E-state index contributed by atoms with van der Waals surface area (Å²) in [7, 11) is 5.77. The van der Waals surface area contributed by atoms with Gasteiger partial charge in [-0.2, -0.15) is 5.26 Å². The summed E-state index contributed by atoms with van der Waals surface area (Å²) in [5, 5.41) is 8.90. The maximum absolute atomic E-state index is 8.90. The van der Waals surface area contributed by atoms with E-state index in [4.69, 9.17) is 15.0 Å². The van der Waals surface area contributed by atoms with Gasteiger partial charge in [0.05, 0.1) is 36.7 Å².